The van der Waals surface area contributed by atoms with E-state index in [0.717, 1.165) is 67.4 Å². The average molecular weight is 466 g/mol. The number of fused-ring (bicyclic) bond motifs is 1. The monoisotopic (exact) mass is 465 g/mol. The number of amides is 1. The first kappa shape index (κ1) is 22.5. The van der Waals surface area contributed by atoms with Gasteiger partial charge in [-0.1, -0.05) is 12.8 Å². The number of methoxy groups -OCH3 is 1. The first-order chi connectivity index (χ1) is 16.5. The zero-order chi connectivity index (χ0) is 23.7. The minimum absolute atomic E-state index is 0.00436. The minimum Gasteiger partial charge on any atom is -0.453 e. The number of aryl methyl sites for hydroxylation is 1. The molecule has 0 bridgehead atoms. The van der Waals surface area contributed by atoms with Gasteiger partial charge in [0.15, 0.2) is 0 Å². The van der Waals surface area contributed by atoms with Crippen LogP contribution in [-0.2, 0) is 16.5 Å². The molecule has 2 fully saturated rings. The number of hydrogen-bond acceptors (Lipinski definition) is 6. The molecule has 0 spiro atoms. The number of imidazole rings is 1. The molecule has 9 nitrogen and oxygen atoms in total. The number of carbonyl (C=O) groups is 1. The van der Waals surface area contributed by atoms with Crippen molar-refractivity contribution in [2.75, 3.05) is 31.0 Å². The van der Waals surface area contributed by atoms with Gasteiger partial charge in [0.1, 0.15) is 5.82 Å². The van der Waals surface area contributed by atoms with Crippen molar-refractivity contribution in [2.24, 2.45) is 7.05 Å². The number of hydrogen-bond donors (Lipinski definition) is 2. The predicted octanol–water partition coefficient (Wildman–Crippen LogP) is 4.67. The molecule has 34 heavy (non-hydrogen) atoms. The van der Waals surface area contributed by atoms with E-state index in [1.807, 2.05) is 22.8 Å². The van der Waals surface area contributed by atoms with Crippen LogP contribution >= 0.6 is 0 Å². The Bertz CT molecular complexity index is 1250. The molecule has 0 radical (unpaired) electrons. The Morgan fingerprint density at radius 3 is 2.62 bits per heavy atom. The van der Waals surface area contributed by atoms with Crippen molar-refractivity contribution in [3.8, 4) is 0 Å². The summed E-state index contributed by atoms with van der Waals surface area (Å²) in [6.07, 6.45) is 7.62. The summed E-state index contributed by atoms with van der Waals surface area (Å²) >= 11 is 0. The summed E-state index contributed by atoms with van der Waals surface area (Å²) in [5.41, 5.74) is 4.24. The SMILES string of the molecule is COC(=O)Nc1cc(Nc2cc3c(cn2)n(C)c(=O)n3C2CCCC2)cc(C2CCCOC2)c1. The summed E-state index contributed by atoms with van der Waals surface area (Å²) < 4.78 is 14.1. The Labute approximate surface area is 198 Å². The second-order valence-corrected chi connectivity index (χ2v) is 9.21. The fraction of sp³-hybridized carbons (Fsp3) is 0.480. The third-order valence-corrected chi connectivity index (χ3v) is 6.96. The fourth-order valence-corrected chi connectivity index (χ4v) is 5.19. The van der Waals surface area contributed by atoms with Crippen LogP contribution in [0.5, 0.6) is 0 Å². The van der Waals surface area contributed by atoms with Gasteiger partial charge in [-0.05, 0) is 49.4 Å². The number of carbonyl (C=O) groups excluding carboxylic acids is 1. The maximum absolute atomic E-state index is 13.0. The summed E-state index contributed by atoms with van der Waals surface area (Å²) in [5.74, 6) is 0.900. The van der Waals surface area contributed by atoms with Gasteiger partial charge in [-0.25, -0.2) is 14.6 Å². The number of aromatic nitrogens is 3. The van der Waals surface area contributed by atoms with Crippen molar-refractivity contribution in [1.29, 1.82) is 0 Å². The maximum atomic E-state index is 13.0. The third-order valence-electron chi connectivity index (χ3n) is 6.96. The Morgan fingerprint density at radius 2 is 1.88 bits per heavy atom. The van der Waals surface area contributed by atoms with Gasteiger partial charge in [0.25, 0.3) is 0 Å². The molecular weight excluding hydrogens is 434 g/mol. The smallest absolute Gasteiger partial charge is 0.411 e. The number of benzene rings is 1. The van der Waals surface area contributed by atoms with E-state index >= 15 is 0 Å². The summed E-state index contributed by atoms with van der Waals surface area (Å²) in [7, 11) is 3.14. The van der Waals surface area contributed by atoms with Gasteiger partial charge in [-0.3, -0.25) is 14.5 Å². The van der Waals surface area contributed by atoms with Crippen molar-refractivity contribution in [3.05, 3.63) is 46.5 Å². The predicted molar refractivity (Wildman–Crippen MR) is 131 cm³/mol. The minimum atomic E-state index is -0.521. The average Bonchev–Trinajstić information content (AvgIpc) is 3.46. The molecule has 1 saturated carbocycles. The molecule has 1 saturated heterocycles. The lowest BCUT2D eigenvalue weighted by Crippen LogP contribution is -2.24. The van der Waals surface area contributed by atoms with Gasteiger partial charge in [0, 0.05) is 43.1 Å². The quantitative estimate of drug-likeness (QED) is 0.568. The van der Waals surface area contributed by atoms with E-state index in [0.29, 0.717) is 18.1 Å². The summed E-state index contributed by atoms with van der Waals surface area (Å²) in [4.78, 5) is 29.4. The van der Waals surface area contributed by atoms with Gasteiger partial charge in [0.2, 0.25) is 0 Å². The molecule has 3 heterocycles. The van der Waals surface area contributed by atoms with Gasteiger partial charge in [0.05, 0.1) is 30.9 Å². The molecule has 1 amide bonds. The van der Waals surface area contributed by atoms with Crippen molar-refractivity contribution < 1.29 is 14.3 Å². The van der Waals surface area contributed by atoms with Gasteiger partial charge >= 0.3 is 11.8 Å². The fourth-order valence-electron chi connectivity index (χ4n) is 5.19. The Kier molecular flexibility index (Phi) is 6.28. The molecular formula is C25H31N5O4. The van der Waals surface area contributed by atoms with Gasteiger partial charge < -0.3 is 14.8 Å². The van der Waals surface area contributed by atoms with Crippen LogP contribution in [0.15, 0.2) is 35.3 Å². The molecule has 2 aliphatic rings. The Hall–Kier alpha value is -3.33. The van der Waals surface area contributed by atoms with Crippen LogP contribution in [0.2, 0.25) is 0 Å². The number of anilines is 3. The number of nitrogens with one attached hydrogen (secondary N) is 2. The lowest BCUT2D eigenvalue weighted by Gasteiger charge is -2.23. The van der Waals surface area contributed by atoms with E-state index in [1.165, 1.54) is 7.11 Å². The van der Waals surface area contributed by atoms with Crippen LogP contribution in [0.1, 0.15) is 56.0 Å². The van der Waals surface area contributed by atoms with Crippen LogP contribution < -0.4 is 16.3 Å². The third kappa shape index (κ3) is 4.40. The Morgan fingerprint density at radius 1 is 1.09 bits per heavy atom. The summed E-state index contributed by atoms with van der Waals surface area (Å²) in [5, 5.41) is 6.16. The van der Waals surface area contributed by atoms with Crippen LogP contribution in [0.4, 0.5) is 22.0 Å². The molecule has 1 aromatic carbocycles. The lowest BCUT2D eigenvalue weighted by molar-refractivity contribution is 0.0805. The highest BCUT2D eigenvalue weighted by Gasteiger charge is 2.23. The van der Waals surface area contributed by atoms with Crippen LogP contribution in [0, 0.1) is 0 Å². The van der Waals surface area contributed by atoms with Gasteiger partial charge in [-0.2, -0.15) is 0 Å². The van der Waals surface area contributed by atoms with Crippen LogP contribution in [0.25, 0.3) is 11.0 Å². The van der Waals surface area contributed by atoms with Crippen molar-refractivity contribution in [2.45, 2.75) is 50.5 Å². The summed E-state index contributed by atoms with van der Waals surface area (Å²) in [6.45, 7) is 1.44. The molecule has 2 aromatic heterocycles. The molecule has 180 valence electrons. The number of pyridine rings is 1. The van der Waals surface area contributed by atoms with Crippen molar-refractivity contribution in [1.82, 2.24) is 14.1 Å². The molecule has 2 N–H and O–H groups in total. The van der Waals surface area contributed by atoms with E-state index in [4.69, 9.17) is 9.47 Å². The van der Waals surface area contributed by atoms with Crippen LogP contribution in [-0.4, -0.2) is 40.5 Å². The van der Waals surface area contributed by atoms with E-state index in [1.54, 1.807) is 17.8 Å². The number of rotatable bonds is 5. The van der Waals surface area contributed by atoms with Crippen molar-refractivity contribution in [3.63, 3.8) is 0 Å². The Balaban J connectivity index is 1.50. The highest BCUT2D eigenvalue weighted by atomic mass is 16.5. The first-order valence-corrected chi connectivity index (χ1v) is 11.9. The molecule has 1 atom stereocenters. The standard InChI is InChI=1S/C25H31N5O4/c1-29-22-14-26-23(13-21(22)30(25(29)32)20-7-3-4-8-20)27-18-10-17(16-6-5-9-34-15-16)11-19(12-18)28-24(31)33-2/h10-14,16,20H,3-9,15H2,1-2H3,(H,26,27)(H,28,31). The topological polar surface area (TPSA) is 99.4 Å². The highest BCUT2D eigenvalue weighted by molar-refractivity contribution is 5.86. The number of nitrogens with zero attached hydrogens (tertiary/aromatic N) is 3. The molecule has 1 unspecified atom stereocenters. The maximum Gasteiger partial charge on any atom is 0.411 e. The van der Waals surface area contributed by atoms with E-state index in [9.17, 15) is 9.59 Å². The number of ether oxygens (including phenoxy) is 2. The first-order valence-electron chi connectivity index (χ1n) is 11.9. The summed E-state index contributed by atoms with van der Waals surface area (Å²) in [6, 6.07) is 8.07. The largest absolute Gasteiger partial charge is 0.453 e. The molecule has 3 aromatic rings. The lowest BCUT2D eigenvalue weighted by atomic mass is 9.93. The molecule has 5 rings (SSSR count). The second kappa shape index (κ2) is 9.50. The normalized spacial score (nSPS) is 18.8. The van der Waals surface area contributed by atoms with Crippen LogP contribution in [0.3, 0.4) is 0 Å². The van der Waals surface area contributed by atoms with Crippen molar-refractivity contribution >= 4 is 34.3 Å². The second-order valence-electron chi connectivity index (χ2n) is 9.21. The van der Waals surface area contributed by atoms with E-state index in [-0.39, 0.29) is 17.6 Å². The zero-order valence-corrected chi connectivity index (χ0v) is 19.7. The molecule has 1 aliphatic heterocycles. The van der Waals surface area contributed by atoms with Gasteiger partial charge in [-0.15, -0.1) is 0 Å². The molecule has 1 aliphatic carbocycles. The van der Waals surface area contributed by atoms with E-state index in [2.05, 4.69) is 21.7 Å². The molecule has 9 heteroatoms. The highest BCUT2D eigenvalue weighted by Crippen LogP contribution is 2.33. The zero-order valence-electron chi connectivity index (χ0n) is 19.7. The van der Waals surface area contributed by atoms with E-state index < -0.39 is 6.09 Å².